The Balaban J connectivity index is 1.42. The summed E-state index contributed by atoms with van der Waals surface area (Å²) < 4.78 is 0. The van der Waals surface area contributed by atoms with E-state index in [1.54, 1.807) is 12.1 Å². The summed E-state index contributed by atoms with van der Waals surface area (Å²) in [6.45, 7) is 0. The molecule has 2 N–H and O–H groups in total. The molecule has 0 bridgehead atoms. The maximum atomic E-state index is 9.71. The van der Waals surface area contributed by atoms with E-state index in [1.165, 1.54) is 28.0 Å². The first-order chi connectivity index (χ1) is 14.7. The van der Waals surface area contributed by atoms with Gasteiger partial charge in [-0.3, -0.25) is 0 Å². The third-order valence-corrected chi connectivity index (χ3v) is 5.42. The molecule has 2 nitrogen and oxygen atoms in total. The number of phenols is 2. The van der Waals surface area contributed by atoms with Crippen molar-refractivity contribution in [3.63, 3.8) is 0 Å². The Morgan fingerprint density at radius 1 is 0.333 bits per heavy atom. The van der Waals surface area contributed by atoms with Crippen LogP contribution < -0.4 is 0 Å². The summed E-state index contributed by atoms with van der Waals surface area (Å²) in [4.78, 5) is 0. The monoisotopic (exact) mass is 388 g/mol. The van der Waals surface area contributed by atoms with Gasteiger partial charge in [0.2, 0.25) is 0 Å². The van der Waals surface area contributed by atoms with Crippen molar-refractivity contribution in [1.82, 2.24) is 0 Å². The molecular weight excluding hydrogens is 368 g/mol. The van der Waals surface area contributed by atoms with Gasteiger partial charge >= 0.3 is 0 Å². The first kappa shape index (κ1) is 18.0. The van der Waals surface area contributed by atoms with Gasteiger partial charge in [-0.25, -0.2) is 0 Å². The first-order valence-corrected chi connectivity index (χ1v) is 9.89. The lowest BCUT2D eigenvalue weighted by atomic mass is 9.97. The van der Waals surface area contributed by atoms with E-state index < -0.39 is 0 Å². The molecule has 0 saturated carbocycles. The van der Waals surface area contributed by atoms with E-state index in [-0.39, 0.29) is 11.5 Å². The summed E-state index contributed by atoms with van der Waals surface area (Å²) in [6.07, 6.45) is 0. The molecule has 0 radical (unpaired) electrons. The summed E-state index contributed by atoms with van der Waals surface area (Å²) in [6, 6.07) is 36.3. The van der Waals surface area contributed by atoms with Gasteiger partial charge in [0.15, 0.2) is 0 Å². The number of phenolic OH excluding ortho intramolecular Hbond substituents is 2. The molecule has 0 spiro atoms. The third kappa shape index (κ3) is 3.51. The van der Waals surface area contributed by atoms with E-state index in [1.807, 2.05) is 12.1 Å². The van der Waals surface area contributed by atoms with E-state index in [2.05, 4.69) is 78.9 Å². The van der Waals surface area contributed by atoms with Crippen molar-refractivity contribution in [3.05, 3.63) is 109 Å². The van der Waals surface area contributed by atoms with Gasteiger partial charge in [0, 0.05) is 6.07 Å². The van der Waals surface area contributed by atoms with Gasteiger partial charge in [-0.15, -0.1) is 0 Å². The second kappa shape index (κ2) is 7.41. The van der Waals surface area contributed by atoms with Gasteiger partial charge < -0.3 is 10.2 Å². The lowest BCUT2D eigenvalue weighted by molar-refractivity contribution is 0.451. The van der Waals surface area contributed by atoms with Crippen molar-refractivity contribution in [3.8, 4) is 44.9 Å². The average Bonchev–Trinajstić information content (AvgIpc) is 2.78. The van der Waals surface area contributed by atoms with E-state index >= 15 is 0 Å². The van der Waals surface area contributed by atoms with Crippen LogP contribution in [0.25, 0.3) is 44.2 Å². The second-order valence-corrected chi connectivity index (χ2v) is 7.45. The predicted molar refractivity (Wildman–Crippen MR) is 124 cm³/mol. The molecule has 30 heavy (non-hydrogen) atoms. The van der Waals surface area contributed by atoms with E-state index in [0.29, 0.717) is 0 Å². The molecule has 0 fully saturated rings. The fourth-order valence-electron chi connectivity index (χ4n) is 3.84. The number of hydrogen-bond donors (Lipinski definition) is 2. The van der Waals surface area contributed by atoms with Gasteiger partial charge in [-0.2, -0.15) is 0 Å². The van der Waals surface area contributed by atoms with Crippen molar-refractivity contribution in [1.29, 1.82) is 0 Å². The molecule has 0 heterocycles. The molecule has 0 aliphatic rings. The highest BCUT2D eigenvalue weighted by Gasteiger charge is 2.05. The van der Waals surface area contributed by atoms with E-state index in [9.17, 15) is 10.2 Å². The molecule has 5 aromatic rings. The maximum Gasteiger partial charge on any atom is 0.119 e. The molecule has 0 aromatic heterocycles. The number of aromatic hydroxyl groups is 2. The summed E-state index contributed by atoms with van der Waals surface area (Å²) in [5, 5.41) is 21.9. The first-order valence-electron chi connectivity index (χ1n) is 9.89. The van der Waals surface area contributed by atoms with Gasteiger partial charge in [0.1, 0.15) is 11.5 Å². The summed E-state index contributed by atoms with van der Waals surface area (Å²) in [5.41, 5.74) is 6.39. The van der Waals surface area contributed by atoms with Crippen LogP contribution in [0.4, 0.5) is 0 Å². The molecule has 5 aromatic carbocycles. The third-order valence-electron chi connectivity index (χ3n) is 5.42. The Labute approximate surface area is 175 Å². The smallest absolute Gasteiger partial charge is 0.119 e. The standard InChI is InChI=1S/C28H20O2/c29-27-16-26(17-28(30)18-27)23-11-7-21(8-12-23)20-5-9-22(10-6-20)25-14-13-19-3-1-2-4-24(19)15-25/h1-18,29-30H. The lowest BCUT2D eigenvalue weighted by Gasteiger charge is -2.08. The van der Waals surface area contributed by atoms with Crippen LogP contribution in [0.5, 0.6) is 11.5 Å². The Bertz CT molecular complexity index is 1310. The highest BCUT2D eigenvalue weighted by atomic mass is 16.3. The highest BCUT2D eigenvalue weighted by Crippen LogP contribution is 2.31. The predicted octanol–water partition coefficient (Wildman–Crippen LogP) is 7.25. The molecule has 0 aliphatic heterocycles. The minimum absolute atomic E-state index is 0.0540. The molecule has 5 rings (SSSR count). The van der Waals surface area contributed by atoms with Crippen molar-refractivity contribution >= 4 is 10.8 Å². The minimum Gasteiger partial charge on any atom is -0.508 e. The van der Waals surface area contributed by atoms with Crippen LogP contribution in [0.1, 0.15) is 0 Å². The zero-order chi connectivity index (χ0) is 20.5. The number of rotatable bonds is 3. The summed E-state index contributed by atoms with van der Waals surface area (Å²) in [7, 11) is 0. The molecule has 2 heteroatoms. The minimum atomic E-state index is 0.0540. The van der Waals surface area contributed by atoms with E-state index in [4.69, 9.17) is 0 Å². The highest BCUT2D eigenvalue weighted by molar-refractivity contribution is 5.87. The molecule has 0 unspecified atom stereocenters. The molecule has 0 amide bonds. The SMILES string of the molecule is Oc1cc(O)cc(-c2ccc(-c3ccc(-c4ccc5ccccc5c4)cc3)cc2)c1. The average molecular weight is 388 g/mol. The Hall–Kier alpha value is -4.04. The van der Waals surface area contributed by atoms with Gasteiger partial charge in [-0.05, 0) is 62.4 Å². The van der Waals surface area contributed by atoms with Crippen molar-refractivity contribution in [2.24, 2.45) is 0 Å². The fraction of sp³-hybridized carbons (Fsp3) is 0. The van der Waals surface area contributed by atoms with Gasteiger partial charge in [0.05, 0.1) is 0 Å². The molecule has 0 atom stereocenters. The van der Waals surface area contributed by atoms with Crippen LogP contribution in [0.2, 0.25) is 0 Å². The zero-order valence-electron chi connectivity index (χ0n) is 16.3. The topological polar surface area (TPSA) is 40.5 Å². The van der Waals surface area contributed by atoms with E-state index in [0.717, 1.165) is 22.3 Å². The Kier molecular flexibility index (Phi) is 4.45. The number of benzene rings is 5. The Morgan fingerprint density at radius 3 is 1.33 bits per heavy atom. The molecule has 144 valence electrons. The van der Waals surface area contributed by atoms with Crippen LogP contribution >= 0.6 is 0 Å². The van der Waals surface area contributed by atoms with Gasteiger partial charge in [0.25, 0.3) is 0 Å². The lowest BCUT2D eigenvalue weighted by Crippen LogP contribution is -1.83. The number of fused-ring (bicyclic) bond motifs is 1. The van der Waals surface area contributed by atoms with Gasteiger partial charge in [-0.1, -0.05) is 84.9 Å². The van der Waals surface area contributed by atoms with Crippen LogP contribution in [-0.2, 0) is 0 Å². The van der Waals surface area contributed by atoms with Crippen molar-refractivity contribution in [2.75, 3.05) is 0 Å². The molecule has 0 aliphatic carbocycles. The normalized spacial score (nSPS) is 10.9. The molecule has 0 saturated heterocycles. The summed E-state index contributed by atoms with van der Waals surface area (Å²) in [5.74, 6) is 0.108. The van der Waals surface area contributed by atoms with Crippen LogP contribution in [0, 0.1) is 0 Å². The van der Waals surface area contributed by atoms with Crippen molar-refractivity contribution in [2.45, 2.75) is 0 Å². The quantitative estimate of drug-likeness (QED) is 0.342. The largest absolute Gasteiger partial charge is 0.508 e. The van der Waals surface area contributed by atoms with Crippen LogP contribution in [-0.4, -0.2) is 10.2 Å². The van der Waals surface area contributed by atoms with Crippen LogP contribution in [0.15, 0.2) is 109 Å². The number of hydrogen-bond acceptors (Lipinski definition) is 2. The zero-order valence-corrected chi connectivity index (χ0v) is 16.3. The Morgan fingerprint density at radius 2 is 0.767 bits per heavy atom. The summed E-state index contributed by atoms with van der Waals surface area (Å²) >= 11 is 0. The van der Waals surface area contributed by atoms with Crippen LogP contribution in [0.3, 0.4) is 0 Å². The maximum absolute atomic E-state index is 9.71. The molecular formula is C28H20O2. The fourth-order valence-corrected chi connectivity index (χ4v) is 3.84. The van der Waals surface area contributed by atoms with Crippen molar-refractivity contribution < 1.29 is 10.2 Å². The second-order valence-electron chi connectivity index (χ2n) is 7.45.